The largest absolute Gasteiger partial charge is 0.497 e. The number of carbonyl (C=O) groups is 2. The van der Waals surface area contributed by atoms with Crippen LogP contribution in [0, 0.1) is 5.82 Å². The second kappa shape index (κ2) is 7.21. The number of hydrogen-bond acceptors (Lipinski definition) is 3. The Morgan fingerprint density at radius 1 is 0.909 bits per heavy atom. The van der Waals surface area contributed by atoms with Crippen molar-refractivity contribution in [1.29, 1.82) is 0 Å². The molecule has 0 aliphatic rings. The fraction of sp³-hybridized carbons (Fsp3) is 0.125. The van der Waals surface area contributed by atoms with Gasteiger partial charge in [0.2, 0.25) is 11.8 Å². The number of ether oxygens (including phenoxy) is 1. The van der Waals surface area contributed by atoms with E-state index >= 15 is 0 Å². The molecule has 5 nitrogen and oxygen atoms in total. The Bertz CT molecular complexity index is 654. The van der Waals surface area contributed by atoms with Crippen molar-refractivity contribution in [2.75, 3.05) is 17.7 Å². The Hall–Kier alpha value is -2.89. The highest BCUT2D eigenvalue weighted by Gasteiger charge is 2.10. The van der Waals surface area contributed by atoms with E-state index < -0.39 is 17.6 Å². The molecular formula is C16H15FN2O3. The summed E-state index contributed by atoms with van der Waals surface area (Å²) in [5.74, 6) is -0.635. The number of carbonyl (C=O) groups excluding carboxylic acids is 2. The molecule has 0 saturated heterocycles. The molecule has 0 heterocycles. The first kappa shape index (κ1) is 15.5. The van der Waals surface area contributed by atoms with Crippen LogP contribution in [0.3, 0.4) is 0 Å². The standard InChI is InChI=1S/C16H15FN2O3/c1-22-14-8-6-13(7-9-14)19-16(21)10-15(20)18-12-4-2-11(17)3-5-12/h2-9H,10H2,1H3,(H,18,20)(H,19,21). The first-order valence-corrected chi connectivity index (χ1v) is 6.56. The van der Waals surface area contributed by atoms with E-state index in [1.165, 1.54) is 24.3 Å². The van der Waals surface area contributed by atoms with Crippen molar-refractivity contribution in [3.05, 3.63) is 54.3 Å². The fourth-order valence-electron chi connectivity index (χ4n) is 1.76. The number of methoxy groups -OCH3 is 1. The quantitative estimate of drug-likeness (QED) is 0.835. The third kappa shape index (κ3) is 4.59. The minimum atomic E-state index is -0.474. The van der Waals surface area contributed by atoms with Crippen molar-refractivity contribution in [3.63, 3.8) is 0 Å². The molecule has 2 aromatic rings. The van der Waals surface area contributed by atoms with Crippen molar-refractivity contribution in [2.24, 2.45) is 0 Å². The predicted octanol–water partition coefficient (Wildman–Crippen LogP) is 2.80. The minimum absolute atomic E-state index is 0.330. The molecule has 0 fully saturated rings. The smallest absolute Gasteiger partial charge is 0.233 e. The molecule has 0 atom stereocenters. The monoisotopic (exact) mass is 302 g/mol. The van der Waals surface area contributed by atoms with Gasteiger partial charge in [-0.25, -0.2) is 4.39 Å². The lowest BCUT2D eigenvalue weighted by atomic mass is 10.2. The maximum Gasteiger partial charge on any atom is 0.233 e. The second-order valence-electron chi connectivity index (χ2n) is 4.51. The summed E-state index contributed by atoms with van der Waals surface area (Å²) < 4.78 is 17.8. The van der Waals surface area contributed by atoms with Gasteiger partial charge in [-0.2, -0.15) is 0 Å². The van der Waals surface area contributed by atoms with Crippen LogP contribution in [0.4, 0.5) is 15.8 Å². The summed E-state index contributed by atoms with van der Waals surface area (Å²) >= 11 is 0. The van der Waals surface area contributed by atoms with Crippen LogP contribution in [-0.2, 0) is 9.59 Å². The van der Waals surface area contributed by atoms with Crippen LogP contribution in [0.25, 0.3) is 0 Å². The van der Waals surface area contributed by atoms with E-state index in [1.807, 2.05) is 0 Å². The van der Waals surface area contributed by atoms with Gasteiger partial charge >= 0.3 is 0 Å². The van der Waals surface area contributed by atoms with Gasteiger partial charge in [0.1, 0.15) is 18.0 Å². The summed E-state index contributed by atoms with van der Waals surface area (Å²) in [6.07, 6.45) is -0.330. The van der Waals surface area contributed by atoms with Gasteiger partial charge in [0, 0.05) is 11.4 Å². The average Bonchev–Trinajstić information content (AvgIpc) is 2.50. The highest BCUT2D eigenvalue weighted by Crippen LogP contribution is 2.15. The molecule has 2 amide bonds. The molecule has 0 saturated carbocycles. The number of nitrogens with one attached hydrogen (secondary N) is 2. The van der Waals surface area contributed by atoms with E-state index in [2.05, 4.69) is 10.6 Å². The Balaban J connectivity index is 1.85. The first-order chi connectivity index (χ1) is 10.6. The first-order valence-electron chi connectivity index (χ1n) is 6.56. The summed E-state index contributed by atoms with van der Waals surface area (Å²) in [6.45, 7) is 0. The lowest BCUT2D eigenvalue weighted by Crippen LogP contribution is -2.21. The van der Waals surface area contributed by atoms with E-state index in [9.17, 15) is 14.0 Å². The molecule has 114 valence electrons. The van der Waals surface area contributed by atoms with Gasteiger partial charge < -0.3 is 15.4 Å². The van der Waals surface area contributed by atoms with Crippen LogP contribution >= 0.6 is 0 Å². The molecule has 0 bridgehead atoms. The maximum absolute atomic E-state index is 12.7. The molecule has 0 radical (unpaired) electrons. The van der Waals surface area contributed by atoms with Gasteiger partial charge in [0.25, 0.3) is 0 Å². The molecule has 0 unspecified atom stereocenters. The number of anilines is 2. The lowest BCUT2D eigenvalue weighted by molar-refractivity contribution is -0.123. The number of rotatable bonds is 5. The molecule has 0 aliphatic heterocycles. The Morgan fingerprint density at radius 3 is 1.82 bits per heavy atom. The van der Waals surface area contributed by atoms with Crippen molar-refractivity contribution >= 4 is 23.2 Å². The van der Waals surface area contributed by atoms with E-state index in [0.717, 1.165) is 0 Å². The number of benzene rings is 2. The van der Waals surface area contributed by atoms with Gasteiger partial charge in [0.15, 0.2) is 0 Å². The number of hydrogen-bond donors (Lipinski definition) is 2. The van der Waals surface area contributed by atoms with Gasteiger partial charge in [-0.05, 0) is 48.5 Å². The van der Waals surface area contributed by atoms with Crippen LogP contribution in [0.15, 0.2) is 48.5 Å². The third-order valence-corrected chi connectivity index (χ3v) is 2.82. The highest BCUT2D eigenvalue weighted by atomic mass is 19.1. The summed E-state index contributed by atoms with van der Waals surface area (Å²) in [7, 11) is 1.55. The molecule has 0 aliphatic carbocycles. The molecule has 2 aromatic carbocycles. The summed E-state index contributed by atoms with van der Waals surface area (Å²) in [5.41, 5.74) is 1.00. The Labute approximate surface area is 127 Å². The van der Waals surface area contributed by atoms with Crippen LogP contribution < -0.4 is 15.4 Å². The second-order valence-corrected chi connectivity index (χ2v) is 4.51. The van der Waals surface area contributed by atoms with Crippen molar-refractivity contribution in [2.45, 2.75) is 6.42 Å². The topological polar surface area (TPSA) is 67.4 Å². The van der Waals surface area contributed by atoms with E-state index in [-0.39, 0.29) is 6.42 Å². The summed E-state index contributed by atoms with van der Waals surface area (Å²) in [6, 6.07) is 12.1. The molecule has 0 spiro atoms. The van der Waals surface area contributed by atoms with Crippen LogP contribution in [-0.4, -0.2) is 18.9 Å². The van der Waals surface area contributed by atoms with E-state index in [4.69, 9.17) is 4.74 Å². The van der Waals surface area contributed by atoms with Gasteiger partial charge in [-0.15, -0.1) is 0 Å². The lowest BCUT2D eigenvalue weighted by Gasteiger charge is -2.07. The van der Waals surface area contributed by atoms with Gasteiger partial charge in [-0.1, -0.05) is 0 Å². The van der Waals surface area contributed by atoms with Crippen LogP contribution in [0.2, 0.25) is 0 Å². The molecule has 2 rings (SSSR count). The minimum Gasteiger partial charge on any atom is -0.497 e. The number of halogens is 1. The molecule has 6 heteroatoms. The third-order valence-electron chi connectivity index (χ3n) is 2.82. The normalized spacial score (nSPS) is 9.91. The Kier molecular flexibility index (Phi) is 5.08. The SMILES string of the molecule is COc1ccc(NC(=O)CC(=O)Nc2ccc(F)cc2)cc1. The van der Waals surface area contributed by atoms with Gasteiger partial charge in [-0.3, -0.25) is 9.59 Å². The molecule has 0 aromatic heterocycles. The van der Waals surface area contributed by atoms with E-state index in [0.29, 0.717) is 17.1 Å². The van der Waals surface area contributed by atoms with Gasteiger partial charge in [0.05, 0.1) is 7.11 Å². The van der Waals surface area contributed by atoms with Crippen LogP contribution in [0.5, 0.6) is 5.75 Å². The summed E-state index contributed by atoms with van der Waals surface area (Å²) in [4.78, 5) is 23.5. The van der Waals surface area contributed by atoms with Crippen molar-refractivity contribution in [3.8, 4) is 5.75 Å². The number of amides is 2. The zero-order valence-corrected chi connectivity index (χ0v) is 11.9. The average molecular weight is 302 g/mol. The molecular weight excluding hydrogens is 287 g/mol. The zero-order chi connectivity index (χ0) is 15.9. The van der Waals surface area contributed by atoms with Crippen molar-refractivity contribution in [1.82, 2.24) is 0 Å². The zero-order valence-electron chi connectivity index (χ0n) is 11.9. The van der Waals surface area contributed by atoms with Crippen LogP contribution in [0.1, 0.15) is 6.42 Å². The molecule has 22 heavy (non-hydrogen) atoms. The molecule has 2 N–H and O–H groups in total. The van der Waals surface area contributed by atoms with Crippen molar-refractivity contribution < 1.29 is 18.7 Å². The highest BCUT2D eigenvalue weighted by molar-refractivity contribution is 6.08. The maximum atomic E-state index is 12.7. The fourth-order valence-corrected chi connectivity index (χ4v) is 1.76. The predicted molar refractivity (Wildman–Crippen MR) is 81.3 cm³/mol. The summed E-state index contributed by atoms with van der Waals surface area (Å²) in [5, 5.41) is 5.12. The van der Waals surface area contributed by atoms with E-state index in [1.54, 1.807) is 31.4 Å². The Morgan fingerprint density at radius 2 is 1.36 bits per heavy atom.